The van der Waals surface area contributed by atoms with Gasteiger partial charge in [0, 0.05) is 31.0 Å². The fraction of sp³-hybridized carbons (Fsp3) is 0.625. The van der Waals surface area contributed by atoms with Crippen LogP contribution in [0.2, 0.25) is 0 Å². The van der Waals surface area contributed by atoms with Gasteiger partial charge < -0.3 is 19.7 Å². The molecule has 2 saturated heterocycles. The molecule has 0 radical (unpaired) electrons. The first-order valence-corrected chi connectivity index (χ1v) is 7.63. The number of morpholine rings is 1. The quantitative estimate of drug-likeness (QED) is 0.916. The van der Waals surface area contributed by atoms with Crippen LogP contribution in [0, 0.1) is 0 Å². The van der Waals surface area contributed by atoms with Crippen molar-refractivity contribution >= 4 is 11.4 Å². The van der Waals surface area contributed by atoms with Gasteiger partial charge in [-0.1, -0.05) is 0 Å². The molecular formula is C16H24N2O2. The smallest absolute Gasteiger partial charge is 0.0751 e. The molecule has 0 saturated carbocycles. The van der Waals surface area contributed by atoms with E-state index in [0.29, 0.717) is 12.2 Å². The van der Waals surface area contributed by atoms with Gasteiger partial charge in [0.2, 0.25) is 0 Å². The van der Waals surface area contributed by atoms with Gasteiger partial charge in [-0.2, -0.15) is 0 Å². The van der Waals surface area contributed by atoms with Gasteiger partial charge in [0.25, 0.3) is 0 Å². The molecule has 2 aliphatic heterocycles. The van der Waals surface area contributed by atoms with Gasteiger partial charge in [0.15, 0.2) is 0 Å². The zero-order valence-corrected chi connectivity index (χ0v) is 12.2. The number of anilines is 2. The van der Waals surface area contributed by atoms with Crippen LogP contribution < -0.4 is 10.2 Å². The van der Waals surface area contributed by atoms with Crippen LogP contribution in [0.1, 0.15) is 19.8 Å². The Morgan fingerprint density at radius 3 is 2.55 bits per heavy atom. The first-order chi connectivity index (χ1) is 9.81. The highest BCUT2D eigenvalue weighted by Crippen LogP contribution is 2.21. The molecule has 3 rings (SSSR count). The zero-order valence-electron chi connectivity index (χ0n) is 12.2. The second-order valence-electron chi connectivity index (χ2n) is 5.67. The molecule has 2 unspecified atom stereocenters. The molecule has 0 amide bonds. The number of benzene rings is 1. The summed E-state index contributed by atoms with van der Waals surface area (Å²) in [5, 5.41) is 3.47. The molecular weight excluding hydrogens is 252 g/mol. The average molecular weight is 276 g/mol. The molecule has 110 valence electrons. The second kappa shape index (κ2) is 6.46. The molecule has 4 heteroatoms. The molecule has 4 nitrogen and oxygen atoms in total. The van der Waals surface area contributed by atoms with E-state index < -0.39 is 0 Å². The van der Waals surface area contributed by atoms with Crippen molar-refractivity contribution in [2.75, 3.05) is 43.1 Å². The summed E-state index contributed by atoms with van der Waals surface area (Å²) in [6.45, 7) is 6.69. The highest BCUT2D eigenvalue weighted by atomic mass is 16.5. The van der Waals surface area contributed by atoms with Crippen LogP contribution in [0.3, 0.4) is 0 Å². The fourth-order valence-corrected chi connectivity index (χ4v) is 2.88. The van der Waals surface area contributed by atoms with Gasteiger partial charge in [-0.3, -0.25) is 0 Å². The van der Waals surface area contributed by atoms with Crippen molar-refractivity contribution in [2.24, 2.45) is 0 Å². The number of hydrogen-bond donors (Lipinski definition) is 1. The van der Waals surface area contributed by atoms with Crippen molar-refractivity contribution in [3.63, 3.8) is 0 Å². The van der Waals surface area contributed by atoms with Gasteiger partial charge >= 0.3 is 0 Å². The molecule has 2 atom stereocenters. The normalized spacial score (nSPS) is 26.8. The highest BCUT2D eigenvalue weighted by molar-refractivity contribution is 5.55. The monoisotopic (exact) mass is 276 g/mol. The molecule has 1 aromatic rings. The van der Waals surface area contributed by atoms with Crippen molar-refractivity contribution in [2.45, 2.75) is 32.0 Å². The molecule has 2 heterocycles. The Morgan fingerprint density at radius 1 is 1.15 bits per heavy atom. The summed E-state index contributed by atoms with van der Waals surface area (Å²) in [4.78, 5) is 2.37. The van der Waals surface area contributed by atoms with Gasteiger partial charge in [0.05, 0.1) is 25.4 Å². The molecule has 20 heavy (non-hydrogen) atoms. The summed E-state index contributed by atoms with van der Waals surface area (Å²) < 4.78 is 11.2. The van der Waals surface area contributed by atoms with Crippen LogP contribution in [0.4, 0.5) is 11.4 Å². The predicted molar refractivity (Wildman–Crippen MR) is 81.5 cm³/mol. The van der Waals surface area contributed by atoms with Crippen molar-refractivity contribution in [3.05, 3.63) is 24.3 Å². The summed E-state index contributed by atoms with van der Waals surface area (Å²) in [6.07, 6.45) is 3.14. The van der Waals surface area contributed by atoms with Crippen LogP contribution >= 0.6 is 0 Å². The standard InChI is InChI=1S/C16H24N2O2/c1-13-2-7-16(20-13)12-17-14-3-5-15(6-4-14)18-8-10-19-11-9-18/h3-6,13,16-17H,2,7-12H2,1H3. The average Bonchev–Trinajstić information content (AvgIpc) is 2.92. The van der Waals surface area contributed by atoms with E-state index in [0.717, 1.165) is 32.8 Å². The van der Waals surface area contributed by atoms with Crippen LogP contribution in [-0.4, -0.2) is 45.1 Å². The second-order valence-corrected chi connectivity index (χ2v) is 5.67. The Hall–Kier alpha value is -1.26. The van der Waals surface area contributed by atoms with Gasteiger partial charge in [-0.25, -0.2) is 0 Å². The highest BCUT2D eigenvalue weighted by Gasteiger charge is 2.21. The molecule has 1 aromatic carbocycles. The number of rotatable bonds is 4. The lowest BCUT2D eigenvalue weighted by Gasteiger charge is -2.29. The number of hydrogen-bond acceptors (Lipinski definition) is 4. The van der Waals surface area contributed by atoms with E-state index in [1.165, 1.54) is 24.2 Å². The van der Waals surface area contributed by atoms with E-state index in [-0.39, 0.29) is 0 Å². The van der Waals surface area contributed by atoms with Crippen molar-refractivity contribution in [3.8, 4) is 0 Å². The summed E-state index contributed by atoms with van der Waals surface area (Å²) in [7, 11) is 0. The summed E-state index contributed by atoms with van der Waals surface area (Å²) in [6, 6.07) is 8.68. The largest absolute Gasteiger partial charge is 0.382 e. The van der Waals surface area contributed by atoms with Crippen LogP contribution in [0.25, 0.3) is 0 Å². The Labute approximate surface area is 121 Å². The Balaban J connectivity index is 1.50. The van der Waals surface area contributed by atoms with Crippen LogP contribution in [0.5, 0.6) is 0 Å². The van der Waals surface area contributed by atoms with Gasteiger partial charge in [0.1, 0.15) is 0 Å². The third-order valence-electron chi connectivity index (χ3n) is 4.10. The van der Waals surface area contributed by atoms with Gasteiger partial charge in [-0.05, 0) is 44.0 Å². The maximum Gasteiger partial charge on any atom is 0.0751 e. The van der Waals surface area contributed by atoms with Gasteiger partial charge in [-0.15, -0.1) is 0 Å². The summed E-state index contributed by atoms with van der Waals surface area (Å²) in [5.74, 6) is 0. The summed E-state index contributed by atoms with van der Waals surface area (Å²) >= 11 is 0. The Morgan fingerprint density at radius 2 is 1.90 bits per heavy atom. The van der Waals surface area contributed by atoms with E-state index in [4.69, 9.17) is 9.47 Å². The lowest BCUT2D eigenvalue weighted by molar-refractivity contribution is 0.0637. The minimum absolute atomic E-state index is 0.365. The van der Waals surface area contributed by atoms with E-state index in [1.807, 2.05) is 0 Å². The molecule has 0 spiro atoms. The molecule has 1 N–H and O–H groups in total. The van der Waals surface area contributed by atoms with E-state index in [2.05, 4.69) is 41.4 Å². The first kappa shape index (κ1) is 13.7. The minimum Gasteiger partial charge on any atom is -0.382 e. The summed E-state index contributed by atoms with van der Waals surface area (Å²) in [5.41, 5.74) is 2.45. The first-order valence-electron chi connectivity index (χ1n) is 7.63. The molecule has 0 bridgehead atoms. The third-order valence-corrected chi connectivity index (χ3v) is 4.10. The minimum atomic E-state index is 0.365. The van der Waals surface area contributed by atoms with E-state index in [9.17, 15) is 0 Å². The topological polar surface area (TPSA) is 33.7 Å². The van der Waals surface area contributed by atoms with Crippen molar-refractivity contribution in [1.29, 1.82) is 0 Å². The molecule has 2 aliphatic rings. The third kappa shape index (κ3) is 3.44. The maximum atomic E-state index is 5.82. The molecule has 2 fully saturated rings. The van der Waals surface area contributed by atoms with E-state index >= 15 is 0 Å². The van der Waals surface area contributed by atoms with Crippen LogP contribution in [0.15, 0.2) is 24.3 Å². The molecule has 0 aromatic heterocycles. The maximum absolute atomic E-state index is 5.82. The van der Waals surface area contributed by atoms with Crippen LogP contribution in [-0.2, 0) is 9.47 Å². The van der Waals surface area contributed by atoms with Crippen molar-refractivity contribution in [1.82, 2.24) is 0 Å². The van der Waals surface area contributed by atoms with E-state index in [1.54, 1.807) is 0 Å². The Kier molecular flexibility index (Phi) is 4.43. The van der Waals surface area contributed by atoms with Crippen molar-refractivity contribution < 1.29 is 9.47 Å². The lowest BCUT2D eigenvalue weighted by Crippen LogP contribution is -2.36. The fourth-order valence-electron chi connectivity index (χ4n) is 2.88. The predicted octanol–water partition coefficient (Wildman–Crippen LogP) is 2.50. The molecule has 0 aliphatic carbocycles. The number of ether oxygens (including phenoxy) is 2. The zero-order chi connectivity index (χ0) is 13.8. The number of nitrogens with zero attached hydrogens (tertiary/aromatic N) is 1. The lowest BCUT2D eigenvalue weighted by atomic mass is 10.2. The Bertz CT molecular complexity index is 415. The SMILES string of the molecule is CC1CCC(CNc2ccc(N3CCOCC3)cc2)O1. The number of nitrogens with one attached hydrogen (secondary N) is 1.